The third-order valence-electron chi connectivity index (χ3n) is 9.55. The maximum atomic E-state index is 2.41. The van der Waals surface area contributed by atoms with Gasteiger partial charge in [0, 0.05) is 31.6 Å². The molecule has 10 rings (SSSR count). The van der Waals surface area contributed by atoms with Gasteiger partial charge in [0.2, 0.25) is 0 Å². The molecule has 0 amide bonds. The first-order valence-corrected chi connectivity index (χ1v) is 16.6. The van der Waals surface area contributed by atoms with Crippen molar-refractivity contribution in [2.75, 3.05) is 0 Å². The molecule has 214 valence electrons. The van der Waals surface area contributed by atoms with Crippen LogP contribution in [0, 0.1) is 0 Å². The van der Waals surface area contributed by atoms with Gasteiger partial charge in [-0.05, 0) is 104 Å². The molecule has 0 spiro atoms. The molecule has 8 aromatic carbocycles. The van der Waals surface area contributed by atoms with Crippen molar-refractivity contribution in [2.45, 2.75) is 9.79 Å². The van der Waals surface area contributed by atoms with Gasteiger partial charge in [-0.25, -0.2) is 0 Å². The van der Waals surface area contributed by atoms with E-state index >= 15 is 0 Å². The normalized spacial score (nSPS) is 12.3. The molecule has 0 bridgehead atoms. The highest BCUT2D eigenvalue weighted by Gasteiger charge is 2.21. The Bertz CT molecular complexity index is 2660. The number of para-hydroxylation sites is 1. The first kappa shape index (κ1) is 25.7. The van der Waals surface area contributed by atoms with Gasteiger partial charge in [0.25, 0.3) is 0 Å². The van der Waals surface area contributed by atoms with E-state index in [1.807, 2.05) is 11.8 Å². The van der Waals surface area contributed by atoms with Crippen LogP contribution in [-0.4, -0.2) is 4.57 Å². The summed E-state index contributed by atoms with van der Waals surface area (Å²) in [7, 11) is 0. The molecule has 46 heavy (non-hydrogen) atoms. The van der Waals surface area contributed by atoms with E-state index in [1.54, 1.807) is 0 Å². The van der Waals surface area contributed by atoms with Crippen LogP contribution in [0.5, 0.6) is 0 Å². The summed E-state index contributed by atoms with van der Waals surface area (Å²) in [6, 6.07) is 60.3. The van der Waals surface area contributed by atoms with Crippen LogP contribution in [0.25, 0.3) is 82.4 Å². The molecule has 1 aliphatic rings. The fraction of sp³-hybridized carbons (Fsp3) is 0. The Morgan fingerprint density at radius 3 is 1.83 bits per heavy atom. The lowest BCUT2D eigenvalue weighted by molar-refractivity contribution is 1.18. The molecule has 0 aliphatic carbocycles. The Morgan fingerprint density at radius 2 is 1.00 bits per heavy atom. The number of fused-ring (bicyclic) bond motifs is 6. The van der Waals surface area contributed by atoms with Crippen molar-refractivity contribution < 1.29 is 0 Å². The van der Waals surface area contributed by atoms with Crippen molar-refractivity contribution in [1.29, 1.82) is 0 Å². The highest BCUT2D eigenvalue weighted by atomic mass is 32.2. The minimum absolute atomic E-state index is 1.18. The van der Waals surface area contributed by atoms with Gasteiger partial charge in [-0.15, -0.1) is 0 Å². The first-order chi connectivity index (χ1) is 22.8. The van der Waals surface area contributed by atoms with E-state index in [1.165, 1.54) is 92.2 Å². The van der Waals surface area contributed by atoms with E-state index in [9.17, 15) is 0 Å². The minimum atomic E-state index is 1.18. The number of aromatic nitrogens is 1. The first-order valence-electron chi connectivity index (χ1n) is 15.8. The molecule has 2 heterocycles. The van der Waals surface area contributed by atoms with Crippen LogP contribution in [0.4, 0.5) is 0 Å². The molecule has 9 aromatic rings. The molecule has 1 nitrogen and oxygen atoms in total. The second kappa shape index (κ2) is 9.97. The smallest absolute Gasteiger partial charge is 0.0547 e. The maximum absolute atomic E-state index is 2.41. The lowest BCUT2D eigenvalue weighted by Gasteiger charge is -2.21. The van der Waals surface area contributed by atoms with Crippen LogP contribution < -0.4 is 0 Å². The van der Waals surface area contributed by atoms with Crippen molar-refractivity contribution in [1.82, 2.24) is 4.57 Å². The summed E-state index contributed by atoms with van der Waals surface area (Å²) in [5.74, 6) is 0. The van der Waals surface area contributed by atoms with Crippen molar-refractivity contribution in [3.63, 3.8) is 0 Å². The molecule has 1 aromatic heterocycles. The Balaban J connectivity index is 1.18. The number of hydrogen-bond acceptors (Lipinski definition) is 1. The minimum Gasteiger partial charge on any atom is -0.309 e. The average Bonchev–Trinajstić information content (AvgIpc) is 3.43. The second-order valence-electron chi connectivity index (χ2n) is 12.1. The maximum Gasteiger partial charge on any atom is 0.0547 e. The predicted molar refractivity (Wildman–Crippen MR) is 196 cm³/mol. The van der Waals surface area contributed by atoms with E-state index in [0.29, 0.717) is 0 Å². The standard InChI is InChI=1S/C44H27NS/c1-2-14-33(15-3-1)45-40-22-20-31(25-37(40)38-24-29-10-4-5-11-30(29)27-41(38)45)34-16-6-7-17-35(34)32-21-23-42-39(26-32)36-18-8-12-28-13-9-19-43(46-42)44(28)36/h1-27H. The highest BCUT2D eigenvalue weighted by Crippen LogP contribution is 2.49. The van der Waals surface area contributed by atoms with E-state index in [4.69, 9.17) is 0 Å². The van der Waals surface area contributed by atoms with Crippen molar-refractivity contribution in [3.8, 4) is 39.1 Å². The van der Waals surface area contributed by atoms with Gasteiger partial charge in [0.15, 0.2) is 0 Å². The summed E-state index contributed by atoms with van der Waals surface area (Å²) < 4.78 is 2.41. The summed E-state index contributed by atoms with van der Waals surface area (Å²) >= 11 is 1.88. The van der Waals surface area contributed by atoms with Gasteiger partial charge in [0.05, 0.1) is 11.0 Å². The Morgan fingerprint density at radius 1 is 0.370 bits per heavy atom. The Labute approximate surface area is 271 Å². The number of benzene rings is 8. The van der Waals surface area contributed by atoms with Crippen LogP contribution in [0.15, 0.2) is 174 Å². The predicted octanol–water partition coefficient (Wildman–Crippen LogP) is 12.6. The van der Waals surface area contributed by atoms with Crippen LogP contribution in [-0.2, 0) is 0 Å². The monoisotopic (exact) mass is 601 g/mol. The van der Waals surface area contributed by atoms with Gasteiger partial charge in [-0.2, -0.15) is 0 Å². The quantitative estimate of drug-likeness (QED) is 0.195. The lowest BCUT2D eigenvalue weighted by Crippen LogP contribution is -1.94. The zero-order valence-electron chi connectivity index (χ0n) is 24.9. The van der Waals surface area contributed by atoms with E-state index in [0.717, 1.165) is 0 Å². The molecule has 0 radical (unpaired) electrons. The Hall–Kier alpha value is -5.57. The molecule has 0 unspecified atom stereocenters. The van der Waals surface area contributed by atoms with Crippen molar-refractivity contribution >= 4 is 55.1 Å². The SMILES string of the molecule is c1ccc(-n2c3ccc(-c4ccccc4-c4ccc5c(c4)-c4cccc6cccc(c46)S5)cc3c3cc4ccccc4cc32)cc1. The molecular formula is C44H27NS. The lowest BCUT2D eigenvalue weighted by atomic mass is 9.91. The molecule has 0 fully saturated rings. The molecular weight excluding hydrogens is 575 g/mol. The fourth-order valence-electron chi connectivity index (χ4n) is 7.45. The summed E-state index contributed by atoms with van der Waals surface area (Å²) in [5, 5.41) is 7.72. The average molecular weight is 602 g/mol. The van der Waals surface area contributed by atoms with Crippen LogP contribution >= 0.6 is 11.8 Å². The zero-order chi connectivity index (χ0) is 30.2. The number of nitrogens with zero attached hydrogens (tertiary/aromatic N) is 1. The Kier molecular flexibility index (Phi) is 5.58. The summed E-state index contributed by atoms with van der Waals surface area (Å²) in [5.41, 5.74) is 11.2. The second-order valence-corrected chi connectivity index (χ2v) is 13.2. The van der Waals surface area contributed by atoms with Gasteiger partial charge in [-0.1, -0.05) is 121 Å². The highest BCUT2D eigenvalue weighted by molar-refractivity contribution is 7.99. The summed E-state index contributed by atoms with van der Waals surface area (Å²) in [6.45, 7) is 0. The summed E-state index contributed by atoms with van der Waals surface area (Å²) in [6.07, 6.45) is 0. The van der Waals surface area contributed by atoms with E-state index in [2.05, 4.69) is 168 Å². The molecule has 2 heteroatoms. The summed E-state index contributed by atoms with van der Waals surface area (Å²) in [4.78, 5) is 2.65. The van der Waals surface area contributed by atoms with Crippen molar-refractivity contribution in [2.24, 2.45) is 0 Å². The van der Waals surface area contributed by atoms with Crippen LogP contribution in [0.3, 0.4) is 0 Å². The number of hydrogen-bond donors (Lipinski definition) is 0. The molecule has 1 aliphatic heterocycles. The van der Waals surface area contributed by atoms with Crippen LogP contribution in [0.1, 0.15) is 0 Å². The van der Waals surface area contributed by atoms with Gasteiger partial charge in [0.1, 0.15) is 0 Å². The zero-order valence-corrected chi connectivity index (χ0v) is 25.8. The fourth-order valence-corrected chi connectivity index (χ4v) is 8.57. The largest absolute Gasteiger partial charge is 0.309 e. The van der Waals surface area contributed by atoms with Gasteiger partial charge in [-0.3, -0.25) is 0 Å². The molecule has 0 atom stereocenters. The topological polar surface area (TPSA) is 4.93 Å². The van der Waals surface area contributed by atoms with Gasteiger partial charge >= 0.3 is 0 Å². The number of rotatable bonds is 3. The van der Waals surface area contributed by atoms with E-state index in [-0.39, 0.29) is 0 Å². The van der Waals surface area contributed by atoms with E-state index < -0.39 is 0 Å². The molecule has 0 saturated carbocycles. The van der Waals surface area contributed by atoms with Crippen molar-refractivity contribution in [3.05, 3.63) is 164 Å². The van der Waals surface area contributed by atoms with Crippen LogP contribution in [0.2, 0.25) is 0 Å². The third-order valence-corrected chi connectivity index (χ3v) is 10.7. The molecule has 0 N–H and O–H groups in total. The third kappa shape index (κ3) is 3.84. The molecule has 0 saturated heterocycles. The van der Waals surface area contributed by atoms with Gasteiger partial charge < -0.3 is 4.57 Å².